The highest BCUT2D eigenvalue weighted by molar-refractivity contribution is 5.66. The second-order valence-corrected chi connectivity index (χ2v) is 4.01. The van der Waals surface area contributed by atoms with Crippen LogP contribution in [0.25, 0.3) is 0 Å². The predicted octanol–water partition coefficient (Wildman–Crippen LogP) is 2.45. The SMILES string of the molecule is [CH2]CCCCONC(=O)OC(C)(C)C. The van der Waals surface area contributed by atoms with E-state index in [4.69, 9.17) is 9.57 Å². The van der Waals surface area contributed by atoms with Crippen molar-refractivity contribution in [3.05, 3.63) is 6.92 Å². The Kier molecular flexibility index (Phi) is 6.28. The summed E-state index contributed by atoms with van der Waals surface area (Å²) in [6, 6.07) is 0. The lowest BCUT2D eigenvalue weighted by molar-refractivity contribution is -0.00848. The number of rotatable bonds is 5. The monoisotopic (exact) mass is 202 g/mol. The van der Waals surface area contributed by atoms with E-state index in [1.807, 2.05) is 0 Å². The summed E-state index contributed by atoms with van der Waals surface area (Å²) in [4.78, 5) is 15.9. The second kappa shape index (κ2) is 6.65. The molecule has 0 saturated carbocycles. The second-order valence-electron chi connectivity index (χ2n) is 4.01. The van der Waals surface area contributed by atoms with Crippen molar-refractivity contribution in [2.24, 2.45) is 0 Å². The van der Waals surface area contributed by atoms with Crippen LogP contribution in [-0.4, -0.2) is 18.3 Å². The van der Waals surface area contributed by atoms with Crippen LogP contribution in [0.15, 0.2) is 0 Å². The fourth-order valence-electron chi connectivity index (χ4n) is 0.760. The van der Waals surface area contributed by atoms with Crippen molar-refractivity contribution in [1.82, 2.24) is 5.48 Å². The van der Waals surface area contributed by atoms with Gasteiger partial charge in [-0.25, -0.2) is 4.79 Å². The number of carbonyl (C=O) groups excluding carboxylic acids is 1. The molecule has 4 nitrogen and oxygen atoms in total. The van der Waals surface area contributed by atoms with Crippen molar-refractivity contribution in [3.8, 4) is 0 Å². The fourth-order valence-corrected chi connectivity index (χ4v) is 0.760. The highest BCUT2D eigenvalue weighted by Crippen LogP contribution is 2.06. The van der Waals surface area contributed by atoms with Gasteiger partial charge in [-0.2, -0.15) is 5.48 Å². The molecule has 0 aromatic carbocycles. The van der Waals surface area contributed by atoms with Crippen molar-refractivity contribution in [1.29, 1.82) is 0 Å². The molecule has 0 saturated heterocycles. The van der Waals surface area contributed by atoms with Crippen LogP contribution in [0.5, 0.6) is 0 Å². The normalized spacial score (nSPS) is 11.1. The van der Waals surface area contributed by atoms with Crippen LogP contribution in [0.1, 0.15) is 40.0 Å². The van der Waals surface area contributed by atoms with Crippen LogP contribution in [0.2, 0.25) is 0 Å². The molecule has 1 amide bonds. The summed E-state index contributed by atoms with van der Waals surface area (Å²) in [7, 11) is 0. The lowest BCUT2D eigenvalue weighted by Gasteiger charge is -2.19. The molecular weight excluding hydrogens is 182 g/mol. The highest BCUT2D eigenvalue weighted by atomic mass is 16.7. The lowest BCUT2D eigenvalue weighted by atomic mass is 10.2. The van der Waals surface area contributed by atoms with Crippen LogP contribution in [0.3, 0.4) is 0 Å². The zero-order valence-electron chi connectivity index (χ0n) is 9.26. The largest absolute Gasteiger partial charge is 0.442 e. The van der Waals surface area contributed by atoms with Crippen LogP contribution in [0.4, 0.5) is 4.79 Å². The summed E-state index contributed by atoms with van der Waals surface area (Å²) < 4.78 is 4.96. The molecule has 0 fully saturated rings. The lowest BCUT2D eigenvalue weighted by Crippen LogP contribution is -2.32. The Hall–Kier alpha value is -0.770. The molecule has 0 aliphatic heterocycles. The molecule has 0 unspecified atom stereocenters. The smallest absolute Gasteiger partial charge is 0.431 e. The van der Waals surface area contributed by atoms with Crippen molar-refractivity contribution in [2.75, 3.05) is 6.61 Å². The molecule has 1 N–H and O–H groups in total. The van der Waals surface area contributed by atoms with Crippen molar-refractivity contribution in [3.63, 3.8) is 0 Å². The Labute approximate surface area is 85.9 Å². The van der Waals surface area contributed by atoms with E-state index in [1.54, 1.807) is 20.8 Å². The Bertz CT molecular complexity index is 163. The van der Waals surface area contributed by atoms with Gasteiger partial charge in [0.15, 0.2) is 0 Å². The Balaban J connectivity index is 3.36. The molecule has 0 aromatic rings. The van der Waals surface area contributed by atoms with E-state index in [0.29, 0.717) is 6.61 Å². The quantitative estimate of drug-likeness (QED) is 0.550. The molecular formula is C10H20NO3. The van der Waals surface area contributed by atoms with Gasteiger partial charge in [0.25, 0.3) is 0 Å². The average molecular weight is 202 g/mol. The van der Waals surface area contributed by atoms with Crippen molar-refractivity contribution in [2.45, 2.75) is 45.6 Å². The molecule has 0 bridgehead atoms. The van der Waals surface area contributed by atoms with Crippen molar-refractivity contribution >= 4 is 6.09 Å². The minimum atomic E-state index is -0.549. The number of carbonyl (C=O) groups is 1. The molecule has 0 atom stereocenters. The summed E-state index contributed by atoms with van der Waals surface area (Å²) in [5.74, 6) is 0. The Morgan fingerprint density at radius 3 is 2.50 bits per heavy atom. The van der Waals surface area contributed by atoms with Gasteiger partial charge < -0.3 is 4.74 Å². The maximum Gasteiger partial charge on any atom is 0.431 e. The van der Waals surface area contributed by atoms with E-state index >= 15 is 0 Å². The highest BCUT2D eigenvalue weighted by Gasteiger charge is 2.15. The fraction of sp³-hybridized carbons (Fsp3) is 0.800. The zero-order chi connectivity index (χ0) is 11.0. The third kappa shape index (κ3) is 9.32. The van der Waals surface area contributed by atoms with Gasteiger partial charge in [0, 0.05) is 0 Å². The van der Waals surface area contributed by atoms with Crippen LogP contribution in [0, 0.1) is 6.92 Å². The van der Waals surface area contributed by atoms with Gasteiger partial charge >= 0.3 is 6.09 Å². The van der Waals surface area contributed by atoms with E-state index in [1.165, 1.54) is 0 Å². The molecule has 4 heteroatoms. The average Bonchev–Trinajstić information content (AvgIpc) is 2.00. The third-order valence-electron chi connectivity index (χ3n) is 1.30. The van der Waals surface area contributed by atoms with Gasteiger partial charge in [0.1, 0.15) is 5.60 Å². The van der Waals surface area contributed by atoms with Gasteiger partial charge in [0.2, 0.25) is 0 Å². The molecule has 0 rings (SSSR count). The summed E-state index contributed by atoms with van der Waals surface area (Å²) >= 11 is 0. The number of amides is 1. The Morgan fingerprint density at radius 2 is 2.00 bits per heavy atom. The first-order valence-electron chi connectivity index (χ1n) is 4.86. The van der Waals surface area contributed by atoms with Crippen molar-refractivity contribution < 1.29 is 14.4 Å². The molecule has 0 aliphatic rings. The van der Waals surface area contributed by atoms with E-state index in [9.17, 15) is 4.79 Å². The number of hydroxylamine groups is 1. The standard InChI is InChI=1S/C10H20NO3/c1-5-6-7-8-13-11-9(12)14-10(2,3)4/h1,5-8H2,2-4H3,(H,11,12). The predicted molar refractivity (Wildman–Crippen MR) is 54.5 cm³/mol. The van der Waals surface area contributed by atoms with E-state index in [2.05, 4.69) is 12.4 Å². The van der Waals surface area contributed by atoms with Gasteiger partial charge in [-0.3, -0.25) is 4.84 Å². The van der Waals surface area contributed by atoms with Crippen LogP contribution in [-0.2, 0) is 9.57 Å². The van der Waals surface area contributed by atoms with E-state index in [0.717, 1.165) is 19.3 Å². The third-order valence-corrected chi connectivity index (χ3v) is 1.30. The number of unbranched alkanes of at least 4 members (excludes halogenated alkanes) is 2. The minimum Gasteiger partial charge on any atom is -0.442 e. The molecule has 14 heavy (non-hydrogen) atoms. The van der Waals surface area contributed by atoms with Crippen LogP contribution < -0.4 is 5.48 Å². The van der Waals surface area contributed by atoms with Gasteiger partial charge in [-0.1, -0.05) is 19.8 Å². The molecule has 0 heterocycles. The molecule has 83 valence electrons. The minimum absolute atomic E-state index is 0.485. The number of hydrogen-bond donors (Lipinski definition) is 1. The first-order chi connectivity index (χ1) is 6.45. The van der Waals surface area contributed by atoms with Gasteiger partial charge in [0.05, 0.1) is 6.61 Å². The first kappa shape index (κ1) is 13.2. The number of nitrogens with one attached hydrogen (secondary N) is 1. The van der Waals surface area contributed by atoms with Gasteiger partial charge in [-0.05, 0) is 27.2 Å². The summed E-state index contributed by atoms with van der Waals surface area (Å²) in [5.41, 5.74) is 1.73. The molecule has 1 radical (unpaired) electrons. The molecule has 0 aliphatic carbocycles. The van der Waals surface area contributed by atoms with Crippen LogP contribution >= 0.6 is 0 Å². The maximum absolute atomic E-state index is 11.0. The first-order valence-corrected chi connectivity index (χ1v) is 4.86. The zero-order valence-corrected chi connectivity index (χ0v) is 9.26. The molecule has 0 spiro atoms. The molecule has 0 aromatic heterocycles. The Morgan fingerprint density at radius 1 is 1.36 bits per heavy atom. The summed E-state index contributed by atoms with van der Waals surface area (Å²) in [6.45, 7) is 9.60. The summed E-state index contributed by atoms with van der Waals surface area (Å²) in [5, 5.41) is 0. The summed E-state index contributed by atoms with van der Waals surface area (Å²) in [6.07, 6.45) is 2.22. The maximum atomic E-state index is 11.0. The topological polar surface area (TPSA) is 47.6 Å². The van der Waals surface area contributed by atoms with E-state index < -0.39 is 11.7 Å². The van der Waals surface area contributed by atoms with E-state index in [-0.39, 0.29) is 0 Å². The van der Waals surface area contributed by atoms with Gasteiger partial charge in [-0.15, -0.1) is 0 Å². The number of ether oxygens (including phenoxy) is 1. The number of hydrogen-bond acceptors (Lipinski definition) is 3.